The van der Waals surface area contributed by atoms with Gasteiger partial charge in [-0.15, -0.1) is 11.3 Å². The van der Waals surface area contributed by atoms with Gasteiger partial charge in [0.15, 0.2) is 0 Å². The number of aromatic nitrogens is 2. The molecule has 0 aromatic carbocycles. The fourth-order valence-corrected chi connectivity index (χ4v) is 2.28. The Hall–Kier alpha value is -1.13. The van der Waals surface area contributed by atoms with Gasteiger partial charge in [-0.2, -0.15) is 0 Å². The molecular formula is C10H13N3S. The molecule has 0 saturated heterocycles. The molecule has 0 bridgehead atoms. The number of imidazole rings is 1. The normalized spacial score (nSPS) is 13.0. The fourth-order valence-electron chi connectivity index (χ4n) is 1.26. The fraction of sp³-hybridized carbons (Fsp3) is 0.300. The number of nitrogens with one attached hydrogen (secondary N) is 2. The Morgan fingerprint density at radius 1 is 1.50 bits per heavy atom. The highest BCUT2D eigenvalue weighted by Crippen LogP contribution is 2.28. The Kier molecular flexibility index (Phi) is 2.65. The van der Waals surface area contributed by atoms with Crippen LogP contribution in [0, 0.1) is 0 Å². The van der Waals surface area contributed by atoms with Gasteiger partial charge >= 0.3 is 0 Å². The lowest BCUT2D eigenvalue weighted by Crippen LogP contribution is -2.10. The van der Waals surface area contributed by atoms with Crippen LogP contribution in [-0.4, -0.2) is 17.0 Å². The summed E-state index contributed by atoms with van der Waals surface area (Å²) in [6.45, 7) is 2.15. The minimum absolute atomic E-state index is 0.406. The summed E-state index contributed by atoms with van der Waals surface area (Å²) in [6, 6.07) is 4.65. The van der Waals surface area contributed by atoms with Crippen LogP contribution in [0.5, 0.6) is 0 Å². The van der Waals surface area contributed by atoms with Crippen LogP contribution in [0.25, 0.3) is 10.7 Å². The SMILES string of the molecule is CN[C@H](C)c1ccc(-c2ncc[nH]2)s1. The second-order valence-corrected chi connectivity index (χ2v) is 4.27. The van der Waals surface area contributed by atoms with Gasteiger partial charge in [0, 0.05) is 23.3 Å². The topological polar surface area (TPSA) is 40.7 Å². The van der Waals surface area contributed by atoms with Crippen molar-refractivity contribution in [2.24, 2.45) is 0 Å². The van der Waals surface area contributed by atoms with E-state index in [1.165, 1.54) is 9.75 Å². The molecule has 0 fully saturated rings. The van der Waals surface area contributed by atoms with Crippen LogP contribution >= 0.6 is 11.3 Å². The molecule has 0 amide bonds. The van der Waals surface area contributed by atoms with E-state index in [0.717, 1.165) is 5.82 Å². The smallest absolute Gasteiger partial charge is 0.147 e. The second kappa shape index (κ2) is 3.94. The molecule has 2 aromatic rings. The van der Waals surface area contributed by atoms with Crippen LogP contribution < -0.4 is 5.32 Å². The molecule has 0 aliphatic heterocycles. The molecule has 2 N–H and O–H groups in total. The molecule has 2 aromatic heterocycles. The Morgan fingerprint density at radius 3 is 3.00 bits per heavy atom. The maximum Gasteiger partial charge on any atom is 0.147 e. The molecule has 14 heavy (non-hydrogen) atoms. The lowest BCUT2D eigenvalue weighted by Gasteiger charge is -2.05. The molecule has 2 heterocycles. The van der Waals surface area contributed by atoms with Crippen molar-refractivity contribution in [3.8, 4) is 10.7 Å². The third-order valence-corrected chi connectivity index (χ3v) is 3.49. The van der Waals surface area contributed by atoms with Crippen LogP contribution in [0.15, 0.2) is 24.5 Å². The Balaban J connectivity index is 2.26. The molecule has 74 valence electrons. The van der Waals surface area contributed by atoms with Crippen molar-refractivity contribution in [2.45, 2.75) is 13.0 Å². The Labute approximate surface area is 87.2 Å². The molecule has 0 aliphatic carbocycles. The number of aromatic amines is 1. The maximum absolute atomic E-state index is 4.22. The summed E-state index contributed by atoms with van der Waals surface area (Å²) in [5.41, 5.74) is 0. The molecule has 1 atom stereocenters. The lowest BCUT2D eigenvalue weighted by atomic mass is 10.3. The van der Waals surface area contributed by atoms with E-state index >= 15 is 0 Å². The molecular weight excluding hydrogens is 194 g/mol. The van der Waals surface area contributed by atoms with Gasteiger partial charge in [0.1, 0.15) is 5.82 Å². The average Bonchev–Trinajstić information content (AvgIpc) is 2.86. The first-order valence-electron chi connectivity index (χ1n) is 4.58. The van der Waals surface area contributed by atoms with Crippen molar-refractivity contribution in [1.82, 2.24) is 15.3 Å². The highest BCUT2D eigenvalue weighted by atomic mass is 32.1. The monoisotopic (exact) mass is 207 g/mol. The molecule has 4 heteroatoms. The van der Waals surface area contributed by atoms with E-state index in [1.54, 1.807) is 17.5 Å². The zero-order chi connectivity index (χ0) is 9.97. The first kappa shape index (κ1) is 9.43. The van der Waals surface area contributed by atoms with E-state index < -0.39 is 0 Å². The Bertz CT molecular complexity index is 391. The summed E-state index contributed by atoms with van der Waals surface area (Å²) < 4.78 is 0. The third-order valence-electron chi connectivity index (χ3n) is 2.22. The van der Waals surface area contributed by atoms with Crippen LogP contribution in [-0.2, 0) is 0 Å². The highest BCUT2D eigenvalue weighted by molar-refractivity contribution is 7.15. The zero-order valence-corrected chi connectivity index (χ0v) is 9.06. The van der Waals surface area contributed by atoms with Crippen molar-refractivity contribution < 1.29 is 0 Å². The number of hydrogen-bond acceptors (Lipinski definition) is 3. The molecule has 0 saturated carbocycles. The van der Waals surface area contributed by atoms with Gasteiger partial charge in [0.2, 0.25) is 0 Å². The minimum Gasteiger partial charge on any atom is -0.344 e. The summed E-state index contributed by atoms with van der Waals surface area (Å²) in [6.07, 6.45) is 3.62. The van der Waals surface area contributed by atoms with Crippen LogP contribution in [0.2, 0.25) is 0 Å². The van der Waals surface area contributed by atoms with Crippen LogP contribution in [0.3, 0.4) is 0 Å². The van der Waals surface area contributed by atoms with Crippen molar-refractivity contribution in [1.29, 1.82) is 0 Å². The highest BCUT2D eigenvalue weighted by Gasteiger charge is 2.08. The summed E-state index contributed by atoms with van der Waals surface area (Å²) >= 11 is 1.77. The molecule has 0 radical (unpaired) electrons. The number of H-pyrrole nitrogens is 1. The largest absolute Gasteiger partial charge is 0.344 e. The van der Waals surface area contributed by atoms with Crippen molar-refractivity contribution in [2.75, 3.05) is 7.05 Å². The summed E-state index contributed by atoms with van der Waals surface area (Å²) in [5, 5.41) is 3.22. The second-order valence-electron chi connectivity index (χ2n) is 3.15. The van der Waals surface area contributed by atoms with Crippen LogP contribution in [0.1, 0.15) is 17.8 Å². The standard InChI is InChI=1S/C10H13N3S/c1-7(11-2)8-3-4-9(14-8)10-12-5-6-13-10/h3-7,11H,1-2H3,(H,12,13)/t7-/m1/s1. The third kappa shape index (κ3) is 1.71. The van der Waals surface area contributed by atoms with Gasteiger partial charge in [-0.25, -0.2) is 4.98 Å². The first-order chi connectivity index (χ1) is 6.81. The average molecular weight is 207 g/mol. The number of thiophene rings is 1. The van der Waals surface area contributed by atoms with Crippen LogP contribution in [0.4, 0.5) is 0 Å². The first-order valence-corrected chi connectivity index (χ1v) is 5.39. The summed E-state index contributed by atoms with van der Waals surface area (Å²) in [5.74, 6) is 0.949. The van der Waals surface area contributed by atoms with Crippen molar-refractivity contribution in [3.63, 3.8) is 0 Å². The molecule has 3 nitrogen and oxygen atoms in total. The quantitative estimate of drug-likeness (QED) is 0.811. The van der Waals surface area contributed by atoms with Gasteiger partial charge in [0.25, 0.3) is 0 Å². The minimum atomic E-state index is 0.406. The predicted octanol–water partition coefficient (Wildman–Crippen LogP) is 2.42. The van der Waals surface area contributed by atoms with E-state index in [0.29, 0.717) is 6.04 Å². The molecule has 0 unspecified atom stereocenters. The summed E-state index contributed by atoms with van der Waals surface area (Å²) in [7, 11) is 1.97. The van der Waals surface area contributed by atoms with Gasteiger partial charge in [-0.05, 0) is 26.1 Å². The van der Waals surface area contributed by atoms with E-state index in [-0.39, 0.29) is 0 Å². The van der Waals surface area contributed by atoms with E-state index in [2.05, 4.69) is 34.3 Å². The molecule has 2 rings (SSSR count). The van der Waals surface area contributed by atoms with Crippen molar-refractivity contribution >= 4 is 11.3 Å². The molecule has 0 spiro atoms. The van der Waals surface area contributed by atoms with E-state index in [4.69, 9.17) is 0 Å². The predicted molar refractivity (Wildman–Crippen MR) is 59.4 cm³/mol. The number of hydrogen-bond donors (Lipinski definition) is 2. The number of rotatable bonds is 3. The van der Waals surface area contributed by atoms with Crippen molar-refractivity contribution in [3.05, 3.63) is 29.4 Å². The van der Waals surface area contributed by atoms with Gasteiger partial charge in [0.05, 0.1) is 4.88 Å². The summed E-state index contributed by atoms with van der Waals surface area (Å²) in [4.78, 5) is 9.84. The number of nitrogens with zero attached hydrogens (tertiary/aromatic N) is 1. The van der Waals surface area contributed by atoms with E-state index in [9.17, 15) is 0 Å². The Morgan fingerprint density at radius 2 is 2.36 bits per heavy atom. The van der Waals surface area contributed by atoms with Gasteiger partial charge in [-0.3, -0.25) is 0 Å². The maximum atomic E-state index is 4.22. The van der Waals surface area contributed by atoms with E-state index in [1.807, 2.05) is 13.2 Å². The van der Waals surface area contributed by atoms with Gasteiger partial charge < -0.3 is 10.3 Å². The molecule has 0 aliphatic rings. The lowest BCUT2D eigenvalue weighted by molar-refractivity contribution is 0.664. The van der Waals surface area contributed by atoms with Gasteiger partial charge in [-0.1, -0.05) is 0 Å². The zero-order valence-electron chi connectivity index (χ0n) is 8.24.